The Kier molecular flexibility index (Phi) is 4.48. The molecule has 20 heavy (non-hydrogen) atoms. The van der Waals surface area contributed by atoms with Crippen LogP contribution in [0.15, 0.2) is 11.4 Å². The van der Waals surface area contributed by atoms with Crippen LogP contribution in [0, 0.1) is 18.8 Å². The Morgan fingerprint density at radius 3 is 2.70 bits per heavy atom. The van der Waals surface area contributed by atoms with Crippen molar-refractivity contribution < 1.29 is 14.7 Å². The van der Waals surface area contributed by atoms with Crippen LogP contribution < -0.4 is 0 Å². The van der Waals surface area contributed by atoms with Gasteiger partial charge in [-0.2, -0.15) is 0 Å². The van der Waals surface area contributed by atoms with E-state index in [-0.39, 0.29) is 24.3 Å². The van der Waals surface area contributed by atoms with Gasteiger partial charge in [0.1, 0.15) is 6.54 Å². The number of aryl methyl sites for hydroxylation is 1. The van der Waals surface area contributed by atoms with Crippen LogP contribution >= 0.6 is 11.3 Å². The molecule has 1 heterocycles. The zero-order chi connectivity index (χ0) is 14.9. The fourth-order valence-electron chi connectivity index (χ4n) is 2.59. The van der Waals surface area contributed by atoms with E-state index >= 15 is 0 Å². The summed E-state index contributed by atoms with van der Waals surface area (Å²) in [4.78, 5) is 26.2. The molecule has 5 heteroatoms. The van der Waals surface area contributed by atoms with Gasteiger partial charge in [-0.15, -0.1) is 11.3 Å². The van der Waals surface area contributed by atoms with Crippen molar-refractivity contribution in [3.05, 3.63) is 21.9 Å². The van der Waals surface area contributed by atoms with Crippen LogP contribution in [-0.4, -0.2) is 35.0 Å². The van der Waals surface area contributed by atoms with Crippen LogP contribution in [0.1, 0.15) is 36.6 Å². The molecule has 0 aromatic carbocycles. The molecule has 2 atom stereocenters. The molecule has 1 amide bonds. The van der Waals surface area contributed by atoms with Gasteiger partial charge >= 0.3 is 5.97 Å². The second-order valence-electron chi connectivity index (χ2n) is 5.92. The zero-order valence-electron chi connectivity index (χ0n) is 12.1. The average molecular weight is 295 g/mol. The highest BCUT2D eigenvalue weighted by molar-refractivity contribution is 7.10. The van der Waals surface area contributed by atoms with Crippen LogP contribution in [0.2, 0.25) is 0 Å². The van der Waals surface area contributed by atoms with Crippen molar-refractivity contribution >= 4 is 23.2 Å². The second-order valence-corrected chi connectivity index (χ2v) is 6.87. The fraction of sp³-hybridized carbons (Fsp3) is 0.600. The van der Waals surface area contributed by atoms with Gasteiger partial charge < -0.3 is 10.0 Å². The van der Waals surface area contributed by atoms with E-state index in [1.54, 1.807) is 11.3 Å². The van der Waals surface area contributed by atoms with E-state index in [9.17, 15) is 9.59 Å². The van der Waals surface area contributed by atoms with E-state index in [0.29, 0.717) is 12.5 Å². The lowest BCUT2D eigenvalue weighted by molar-refractivity contribution is -0.145. The minimum atomic E-state index is -0.941. The summed E-state index contributed by atoms with van der Waals surface area (Å²) in [6.45, 7) is 6.38. The fourth-order valence-corrected chi connectivity index (χ4v) is 3.70. The van der Waals surface area contributed by atoms with E-state index in [1.165, 1.54) is 15.3 Å². The Balaban J connectivity index is 2.02. The maximum Gasteiger partial charge on any atom is 0.323 e. The summed E-state index contributed by atoms with van der Waals surface area (Å²) in [5, 5.41) is 11.0. The third-order valence-electron chi connectivity index (χ3n) is 3.57. The molecule has 1 aliphatic rings. The van der Waals surface area contributed by atoms with Gasteiger partial charge in [-0.3, -0.25) is 9.59 Å². The first-order valence-electron chi connectivity index (χ1n) is 6.94. The maximum atomic E-state index is 12.5. The summed E-state index contributed by atoms with van der Waals surface area (Å²) in [5.41, 5.74) is 1.24. The second kappa shape index (κ2) is 5.95. The molecule has 1 saturated carbocycles. The molecule has 1 aliphatic carbocycles. The summed E-state index contributed by atoms with van der Waals surface area (Å²) < 4.78 is 0. The molecule has 2 rings (SSSR count). The van der Waals surface area contributed by atoms with Gasteiger partial charge in [0.05, 0.1) is 0 Å². The molecule has 110 valence electrons. The van der Waals surface area contributed by atoms with Crippen LogP contribution in [-0.2, 0) is 9.59 Å². The van der Waals surface area contributed by atoms with Crippen molar-refractivity contribution in [1.29, 1.82) is 0 Å². The lowest BCUT2D eigenvalue weighted by Crippen LogP contribution is -2.39. The van der Waals surface area contributed by atoms with E-state index in [1.807, 2.05) is 19.2 Å². The molecule has 2 unspecified atom stereocenters. The highest BCUT2D eigenvalue weighted by Crippen LogP contribution is 2.51. The first-order chi connectivity index (χ1) is 9.40. The van der Waals surface area contributed by atoms with E-state index in [4.69, 9.17) is 5.11 Å². The SMILES string of the molecule is Cc1ccsc1C1CC1C(=O)N(CC(=O)O)CC(C)C. The van der Waals surface area contributed by atoms with Crippen molar-refractivity contribution in [3.63, 3.8) is 0 Å². The number of aliphatic carboxylic acids is 1. The highest BCUT2D eigenvalue weighted by atomic mass is 32.1. The number of hydrogen-bond acceptors (Lipinski definition) is 3. The van der Waals surface area contributed by atoms with Crippen LogP contribution in [0.5, 0.6) is 0 Å². The third-order valence-corrected chi connectivity index (χ3v) is 4.72. The molecule has 1 N–H and O–H groups in total. The number of thiophene rings is 1. The molecule has 0 bridgehead atoms. The number of nitrogens with zero attached hydrogens (tertiary/aromatic N) is 1. The lowest BCUT2D eigenvalue weighted by Gasteiger charge is -2.23. The maximum absolute atomic E-state index is 12.5. The standard InChI is InChI=1S/C15H21NO3S/c1-9(2)7-16(8-13(17)18)15(19)12-6-11(12)14-10(3)4-5-20-14/h4-5,9,11-12H,6-8H2,1-3H3,(H,17,18). The van der Waals surface area contributed by atoms with Gasteiger partial charge in [-0.1, -0.05) is 13.8 Å². The van der Waals surface area contributed by atoms with Crippen molar-refractivity contribution in [3.8, 4) is 0 Å². The number of hydrogen-bond donors (Lipinski definition) is 1. The average Bonchev–Trinajstić information content (AvgIpc) is 3.01. The van der Waals surface area contributed by atoms with Crippen molar-refractivity contribution in [2.45, 2.75) is 33.1 Å². The first kappa shape index (κ1) is 15.0. The Bertz CT molecular complexity index is 509. The van der Waals surface area contributed by atoms with Gasteiger partial charge in [0.25, 0.3) is 0 Å². The smallest absolute Gasteiger partial charge is 0.323 e. The first-order valence-corrected chi connectivity index (χ1v) is 7.82. The number of carboxylic acids is 1. The van der Waals surface area contributed by atoms with Gasteiger partial charge in [0.15, 0.2) is 0 Å². The molecule has 0 spiro atoms. The van der Waals surface area contributed by atoms with Crippen molar-refractivity contribution in [2.75, 3.05) is 13.1 Å². The number of carbonyl (C=O) groups is 2. The molecule has 1 fully saturated rings. The Hall–Kier alpha value is -1.36. The van der Waals surface area contributed by atoms with E-state index < -0.39 is 5.97 Å². The third kappa shape index (κ3) is 3.39. The molecule has 0 saturated heterocycles. The molecule has 1 aromatic rings. The van der Waals surface area contributed by atoms with E-state index in [2.05, 4.69) is 13.0 Å². The van der Waals surface area contributed by atoms with Gasteiger partial charge in [0.2, 0.25) is 5.91 Å². The number of rotatable bonds is 6. The monoisotopic (exact) mass is 295 g/mol. The number of carbonyl (C=O) groups excluding carboxylic acids is 1. The largest absolute Gasteiger partial charge is 0.480 e. The van der Waals surface area contributed by atoms with Crippen LogP contribution in [0.4, 0.5) is 0 Å². The van der Waals surface area contributed by atoms with Crippen LogP contribution in [0.25, 0.3) is 0 Å². The molecule has 1 aromatic heterocycles. The van der Waals surface area contributed by atoms with Gasteiger partial charge in [0, 0.05) is 23.3 Å². The Morgan fingerprint density at radius 1 is 1.50 bits per heavy atom. The summed E-state index contributed by atoms with van der Waals surface area (Å²) in [6, 6.07) is 2.07. The van der Waals surface area contributed by atoms with Crippen LogP contribution in [0.3, 0.4) is 0 Å². The molecule has 4 nitrogen and oxygen atoms in total. The van der Waals surface area contributed by atoms with E-state index in [0.717, 1.165) is 6.42 Å². The zero-order valence-corrected chi connectivity index (χ0v) is 12.9. The normalized spacial score (nSPS) is 21.0. The minimum Gasteiger partial charge on any atom is -0.480 e. The van der Waals surface area contributed by atoms with Gasteiger partial charge in [-0.25, -0.2) is 0 Å². The predicted octanol–water partition coefficient (Wildman–Crippen LogP) is 2.73. The quantitative estimate of drug-likeness (QED) is 0.878. The topological polar surface area (TPSA) is 57.6 Å². The highest BCUT2D eigenvalue weighted by Gasteiger charge is 2.47. The van der Waals surface area contributed by atoms with Crippen molar-refractivity contribution in [2.24, 2.45) is 11.8 Å². The summed E-state index contributed by atoms with van der Waals surface area (Å²) in [5.74, 6) is -0.391. The predicted molar refractivity (Wildman–Crippen MR) is 79.0 cm³/mol. The number of amides is 1. The number of carboxylic acid groups (broad SMARTS) is 1. The van der Waals surface area contributed by atoms with Gasteiger partial charge in [-0.05, 0) is 36.3 Å². The summed E-state index contributed by atoms with van der Waals surface area (Å²) in [6.07, 6.45) is 0.856. The van der Waals surface area contributed by atoms with Crippen molar-refractivity contribution in [1.82, 2.24) is 4.90 Å². The Morgan fingerprint density at radius 2 is 2.20 bits per heavy atom. The molecular weight excluding hydrogens is 274 g/mol. The molecule has 0 radical (unpaired) electrons. The Labute approximate surface area is 123 Å². The lowest BCUT2D eigenvalue weighted by atomic mass is 10.1. The summed E-state index contributed by atoms with van der Waals surface area (Å²) >= 11 is 1.69. The summed E-state index contributed by atoms with van der Waals surface area (Å²) in [7, 11) is 0. The molecule has 0 aliphatic heterocycles. The molecular formula is C15H21NO3S. The minimum absolute atomic E-state index is 0.00102.